The molecule has 0 aromatic heterocycles. The molecule has 2 rings (SSSR count). The molecule has 1 heterocycles. The van der Waals surface area contributed by atoms with E-state index in [1.54, 1.807) is 13.0 Å². The fourth-order valence-electron chi connectivity index (χ4n) is 2.72. The van der Waals surface area contributed by atoms with Crippen LogP contribution in [-0.4, -0.2) is 23.2 Å². The predicted molar refractivity (Wildman–Crippen MR) is 68.3 cm³/mol. The molecule has 2 atom stereocenters. The Hall–Kier alpha value is -1.58. The van der Waals surface area contributed by atoms with E-state index in [4.69, 9.17) is 5.11 Å². The highest BCUT2D eigenvalue weighted by Crippen LogP contribution is 2.38. The summed E-state index contributed by atoms with van der Waals surface area (Å²) in [6.07, 6.45) is 0.466. The Balaban J connectivity index is 2.43. The van der Waals surface area contributed by atoms with E-state index in [1.165, 1.54) is 6.07 Å². The summed E-state index contributed by atoms with van der Waals surface area (Å²) in [5, 5.41) is 9.17. The Morgan fingerprint density at radius 2 is 2.11 bits per heavy atom. The van der Waals surface area contributed by atoms with Gasteiger partial charge in [0, 0.05) is 23.3 Å². The minimum Gasteiger partial charge on any atom is -0.481 e. The molecule has 0 radical (unpaired) electrons. The number of carboxylic acids is 1. The maximum absolute atomic E-state index is 13.8. The highest BCUT2D eigenvalue weighted by atomic mass is 19.1. The van der Waals surface area contributed by atoms with Crippen LogP contribution in [0.5, 0.6) is 0 Å². The lowest BCUT2D eigenvalue weighted by Crippen LogP contribution is -2.44. The Bertz CT molecular complexity index is 473. The van der Waals surface area contributed by atoms with Gasteiger partial charge < -0.3 is 10.0 Å². The zero-order valence-corrected chi connectivity index (χ0v) is 10.9. The van der Waals surface area contributed by atoms with Gasteiger partial charge in [-0.15, -0.1) is 0 Å². The lowest BCUT2D eigenvalue weighted by Gasteiger charge is -2.33. The summed E-state index contributed by atoms with van der Waals surface area (Å²) < 4.78 is 13.8. The van der Waals surface area contributed by atoms with Gasteiger partial charge in [-0.3, -0.25) is 4.79 Å². The highest BCUT2D eigenvalue weighted by Gasteiger charge is 2.38. The van der Waals surface area contributed by atoms with Gasteiger partial charge in [0.25, 0.3) is 0 Å². The first-order chi connectivity index (χ1) is 8.43. The fourth-order valence-corrected chi connectivity index (χ4v) is 2.72. The van der Waals surface area contributed by atoms with E-state index in [2.05, 4.69) is 0 Å². The number of halogens is 1. The van der Waals surface area contributed by atoms with Crippen LogP contribution >= 0.6 is 0 Å². The first-order valence-electron chi connectivity index (χ1n) is 6.22. The van der Waals surface area contributed by atoms with Crippen LogP contribution in [0.25, 0.3) is 0 Å². The molecule has 98 valence electrons. The van der Waals surface area contributed by atoms with E-state index in [-0.39, 0.29) is 17.9 Å². The number of rotatable bonds is 3. The number of hydrogen-bond donors (Lipinski definition) is 1. The first kappa shape index (κ1) is 12.9. The van der Waals surface area contributed by atoms with Crippen LogP contribution in [0.15, 0.2) is 18.2 Å². The predicted octanol–water partition coefficient (Wildman–Crippen LogP) is 2.69. The molecule has 0 saturated carbocycles. The normalized spacial score (nSPS) is 20.1. The van der Waals surface area contributed by atoms with Crippen molar-refractivity contribution in [3.63, 3.8) is 0 Å². The van der Waals surface area contributed by atoms with E-state index in [0.717, 1.165) is 5.69 Å². The molecular weight excluding hydrogens is 233 g/mol. The minimum atomic E-state index is -0.834. The summed E-state index contributed by atoms with van der Waals surface area (Å²) in [5.41, 5.74) is 1.48. The van der Waals surface area contributed by atoms with Gasteiger partial charge in [-0.1, -0.05) is 6.07 Å². The maximum atomic E-state index is 13.8. The number of hydrogen-bond acceptors (Lipinski definition) is 2. The van der Waals surface area contributed by atoms with E-state index in [9.17, 15) is 9.18 Å². The molecule has 0 saturated heterocycles. The number of nitrogens with zero attached hydrogens (tertiary/aromatic N) is 1. The van der Waals surface area contributed by atoms with Crippen LogP contribution < -0.4 is 4.90 Å². The van der Waals surface area contributed by atoms with Gasteiger partial charge in [-0.05, 0) is 39.3 Å². The number of fused-ring (bicyclic) bond motifs is 1. The molecule has 3 nitrogen and oxygen atoms in total. The molecular formula is C14H18FNO2. The molecule has 0 amide bonds. The van der Waals surface area contributed by atoms with Gasteiger partial charge in [0.1, 0.15) is 5.82 Å². The summed E-state index contributed by atoms with van der Waals surface area (Å²) in [5.74, 6) is -1.59. The second-order valence-corrected chi connectivity index (χ2v) is 5.14. The van der Waals surface area contributed by atoms with Crippen molar-refractivity contribution >= 4 is 11.7 Å². The number of anilines is 1. The van der Waals surface area contributed by atoms with Crippen molar-refractivity contribution in [1.29, 1.82) is 0 Å². The standard InChI is InChI=1S/C14H18FNO2/c1-8(2)16-12-6-4-5-11(15)10(12)7-13(16)9(3)14(17)18/h4-6,8-9,13H,7H2,1-3H3,(H,17,18). The van der Waals surface area contributed by atoms with E-state index < -0.39 is 11.9 Å². The highest BCUT2D eigenvalue weighted by molar-refractivity contribution is 5.73. The average molecular weight is 251 g/mol. The third-order valence-corrected chi connectivity index (χ3v) is 3.67. The molecule has 1 aliphatic rings. The van der Waals surface area contributed by atoms with Crippen molar-refractivity contribution < 1.29 is 14.3 Å². The van der Waals surface area contributed by atoms with Crippen LogP contribution in [0.4, 0.5) is 10.1 Å². The van der Waals surface area contributed by atoms with Gasteiger partial charge in [0.2, 0.25) is 0 Å². The van der Waals surface area contributed by atoms with Crippen molar-refractivity contribution in [1.82, 2.24) is 0 Å². The molecule has 18 heavy (non-hydrogen) atoms. The zero-order chi connectivity index (χ0) is 13.4. The second kappa shape index (κ2) is 4.59. The molecule has 0 fully saturated rings. The zero-order valence-electron chi connectivity index (χ0n) is 10.9. The fraction of sp³-hybridized carbons (Fsp3) is 0.500. The van der Waals surface area contributed by atoms with Crippen LogP contribution in [0.2, 0.25) is 0 Å². The summed E-state index contributed by atoms with van der Waals surface area (Å²) in [6.45, 7) is 5.69. The first-order valence-corrected chi connectivity index (χ1v) is 6.22. The third-order valence-electron chi connectivity index (χ3n) is 3.67. The molecule has 1 N–H and O–H groups in total. The summed E-state index contributed by atoms with van der Waals surface area (Å²) in [6, 6.07) is 4.96. The van der Waals surface area contributed by atoms with Crippen molar-refractivity contribution in [2.24, 2.45) is 5.92 Å². The lowest BCUT2D eigenvalue weighted by atomic mass is 9.97. The van der Waals surface area contributed by atoms with Gasteiger partial charge in [0.05, 0.1) is 5.92 Å². The summed E-state index contributed by atoms with van der Waals surface area (Å²) >= 11 is 0. The average Bonchev–Trinajstić information content (AvgIpc) is 2.68. The number of aliphatic carboxylic acids is 1. The van der Waals surface area contributed by atoms with Gasteiger partial charge in [0.15, 0.2) is 0 Å². The molecule has 1 aliphatic heterocycles. The van der Waals surface area contributed by atoms with Crippen molar-refractivity contribution in [3.8, 4) is 0 Å². The Morgan fingerprint density at radius 3 is 2.67 bits per heavy atom. The summed E-state index contributed by atoms with van der Waals surface area (Å²) in [4.78, 5) is 13.2. The van der Waals surface area contributed by atoms with E-state index in [0.29, 0.717) is 12.0 Å². The molecule has 1 aromatic carbocycles. The second-order valence-electron chi connectivity index (χ2n) is 5.14. The quantitative estimate of drug-likeness (QED) is 0.898. The SMILES string of the molecule is CC(C(=O)O)C1Cc2c(F)cccc2N1C(C)C. The lowest BCUT2D eigenvalue weighted by molar-refractivity contribution is -0.141. The topological polar surface area (TPSA) is 40.5 Å². The van der Waals surface area contributed by atoms with Crippen molar-refractivity contribution in [2.75, 3.05) is 4.90 Å². The van der Waals surface area contributed by atoms with E-state index >= 15 is 0 Å². The van der Waals surface area contributed by atoms with Crippen molar-refractivity contribution in [3.05, 3.63) is 29.6 Å². The Morgan fingerprint density at radius 1 is 1.44 bits per heavy atom. The largest absolute Gasteiger partial charge is 0.481 e. The molecule has 4 heteroatoms. The maximum Gasteiger partial charge on any atom is 0.308 e. The Labute approximate surface area is 106 Å². The van der Waals surface area contributed by atoms with E-state index in [1.807, 2.05) is 24.8 Å². The summed E-state index contributed by atoms with van der Waals surface area (Å²) in [7, 11) is 0. The molecule has 1 aromatic rings. The molecule has 0 bridgehead atoms. The van der Waals surface area contributed by atoms with Gasteiger partial charge >= 0.3 is 5.97 Å². The van der Waals surface area contributed by atoms with Crippen LogP contribution in [0.1, 0.15) is 26.3 Å². The smallest absolute Gasteiger partial charge is 0.308 e. The minimum absolute atomic E-state index is 0.153. The number of carbonyl (C=O) groups is 1. The monoisotopic (exact) mass is 251 g/mol. The van der Waals surface area contributed by atoms with Gasteiger partial charge in [-0.2, -0.15) is 0 Å². The third kappa shape index (κ3) is 1.96. The number of carboxylic acid groups (broad SMARTS) is 1. The van der Waals surface area contributed by atoms with Gasteiger partial charge in [-0.25, -0.2) is 4.39 Å². The van der Waals surface area contributed by atoms with Crippen LogP contribution in [-0.2, 0) is 11.2 Å². The van der Waals surface area contributed by atoms with Crippen LogP contribution in [0.3, 0.4) is 0 Å². The van der Waals surface area contributed by atoms with Crippen molar-refractivity contribution in [2.45, 2.75) is 39.3 Å². The Kier molecular flexibility index (Phi) is 3.28. The number of benzene rings is 1. The molecule has 0 spiro atoms. The molecule has 2 unspecified atom stereocenters. The van der Waals surface area contributed by atoms with Crippen LogP contribution in [0, 0.1) is 11.7 Å². The molecule has 0 aliphatic carbocycles.